The molecular formula is C13H19BrN2O2. The third kappa shape index (κ3) is 5.06. The van der Waals surface area contributed by atoms with Crippen LogP contribution in [-0.2, 0) is 4.79 Å². The van der Waals surface area contributed by atoms with Crippen molar-refractivity contribution in [3.63, 3.8) is 0 Å². The molecule has 0 fully saturated rings. The maximum absolute atomic E-state index is 11.7. The van der Waals surface area contributed by atoms with Crippen LogP contribution in [0.2, 0.25) is 0 Å². The van der Waals surface area contributed by atoms with Crippen molar-refractivity contribution in [3.05, 3.63) is 28.7 Å². The molecule has 0 spiro atoms. The standard InChI is InChI=1S/C13H19BrN2O2/c1-2-7-15-13(18)10-16(8-9-17)12-5-3-11(14)4-6-12/h3-6,17H,2,7-10H2,1H3,(H,15,18). The first kappa shape index (κ1) is 15.0. The molecule has 0 radical (unpaired) electrons. The van der Waals surface area contributed by atoms with E-state index in [1.54, 1.807) is 0 Å². The molecule has 1 aromatic carbocycles. The topological polar surface area (TPSA) is 52.6 Å². The number of aliphatic hydroxyl groups excluding tert-OH is 1. The molecular weight excluding hydrogens is 296 g/mol. The highest BCUT2D eigenvalue weighted by molar-refractivity contribution is 9.10. The Morgan fingerprint density at radius 2 is 2.06 bits per heavy atom. The molecule has 0 heterocycles. The zero-order chi connectivity index (χ0) is 13.4. The predicted molar refractivity (Wildman–Crippen MR) is 76.7 cm³/mol. The molecule has 100 valence electrons. The van der Waals surface area contributed by atoms with Gasteiger partial charge in [0.15, 0.2) is 0 Å². The minimum Gasteiger partial charge on any atom is -0.395 e. The Balaban J connectivity index is 2.64. The summed E-state index contributed by atoms with van der Waals surface area (Å²) in [7, 11) is 0. The van der Waals surface area contributed by atoms with E-state index in [0.29, 0.717) is 13.1 Å². The zero-order valence-corrected chi connectivity index (χ0v) is 12.1. The molecule has 0 unspecified atom stereocenters. The third-order valence-corrected chi connectivity index (χ3v) is 3.00. The molecule has 5 heteroatoms. The Bertz CT molecular complexity index is 368. The monoisotopic (exact) mass is 314 g/mol. The van der Waals surface area contributed by atoms with E-state index in [-0.39, 0.29) is 19.1 Å². The molecule has 0 aliphatic heterocycles. The van der Waals surface area contributed by atoms with Gasteiger partial charge < -0.3 is 15.3 Å². The summed E-state index contributed by atoms with van der Waals surface area (Å²) in [6.07, 6.45) is 0.921. The number of anilines is 1. The van der Waals surface area contributed by atoms with Crippen LogP contribution in [0, 0.1) is 0 Å². The summed E-state index contributed by atoms with van der Waals surface area (Å²) >= 11 is 3.37. The largest absolute Gasteiger partial charge is 0.395 e. The van der Waals surface area contributed by atoms with Gasteiger partial charge in [0.2, 0.25) is 5.91 Å². The first-order valence-electron chi connectivity index (χ1n) is 6.05. The van der Waals surface area contributed by atoms with Gasteiger partial charge in [0, 0.05) is 23.2 Å². The van der Waals surface area contributed by atoms with Crippen LogP contribution in [0.3, 0.4) is 0 Å². The van der Waals surface area contributed by atoms with Crippen LogP contribution in [0.1, 0.15) is 13.3 Å². The number of carbonyl (C=O) groups excluding carboxylic acids is 1. The molecule has 0 bridgehead atoms. The second-order valence-electron chi connectivity index (χ2n) is 3.97. The second kappa shape index (κ2) is 8.11. The number of hydrogen-bond donors (Lipinski definition) is 2. The van der Waals surface area contributed by atoms with Crippen molar-refractivity contribution in [2.45, 2.75) is 13.3 Å². The third-order valence-electron chi connectivity index (χ3n) is 2.47. The lowest BCUT2D eigenvalue weighted by Gasteiger charge is -2.23. The molecule has 0 aliphatic rings. The van der Waals surface area contributed by atoms with Gasteiger partial charge in [0.25, 0.3) is 0 Å². The van der Waals surface area contributed by atoms with Crippen molar-refractivity contribution in [3.8, 4) is 0 Å². The summed E-state index contributed by atoms with van der Waals surface area (Å²) in [4.78, 5) is 13.5. The molecule has 0 aliphatic carbocycles. The van der Waals surface area contributed by atoms with Crippen molar-refractivity contribution >= 4 is 27.5 Å². The Morgan fingerprint density at radius 3 is 2.61 bits per heavy atom. The lowest BCUT2D eigenvalue weighted by molar-refractivity contribution is -0.119. The van der Waals surface area contributed by atoms with Crippen molar-refractivity contribution in [2.24, 2.45) is 0 Å². The average Bonchev–Trinajstić information content (AvgIpc) is 2.37. The first-order chi connectivity index (χ1) is 8.67. The molecule has 0 aromatic heterocycles. The van der Waals surface area contributed by atoms with Crippen LogP contribution >= 0.6 is 15.9 Å². The van der Waals surface area contributed by atoms with Gasteiger partial charge in [-0.25, -0.2) is 0 Å². The number of hydrogen-bond acceptors (Lipinski definition) is 3. The summed E-state index contributed by atoms with van der Waals surface area (Å²) in [6.45, 7) is 3.44. The van der Waals surface area contributed by atoms with Crippen molar-refractivity contribution in [1.82, 2.24) is 5.32 Å². The van der Waals surface area contributed by atoms with E-state index < -0.39 is 0 Å². The number of rotatable bonds is 7. The van der Waals surface area contributed by atoms with Crippen LogP contribution < -0.4 is 10.2 Å². The fraction of sp³-hybridized carbons (Fsp3) is 0.462. The minimum atomic E-state index is -0.0202. The number of nitrogens with zero attached hydrogens (tertiary/aromatic N) is 1. The Hall–Kier alpha value is -1.07. The van der Waals surface area contributed by atoms with E-state index >= 15 is 0 Å². The fourth-order valence-corrected chi connectivity index (χ4v) is 1.83. The zero-order valence-electron chi connectivity index (χ0n) is 10.5. The highest BCUT2D eigenvalue weighted by Gasteiger charge is 2.10. The van der Waals surface area contributed by atoms with Crippen LogP contribution in [0.5, 0.6) is 0 Å². The van der Waals surface area contributed by atoms with Gasteiger partial charge in [-0.1, -0.05) is 22.9 Å². The number of amides is 1. The fourth-order valence-electron chi connectivity index (χ4n) is 1.57. The smallest absolute Gasteiger partial charge is 0.239 e. The predicted octanol–water partition coefficient (Wildman–Crippen LogP) is 1.77. The lowest BCUT2D eigenvalue weighted by atomic mass is 10.3. The minimum absolute atomic E-state index is 0.0202. The van der Waals surface area contributed by atoms with E-state index in [0.717, 1.165) is 16.6 Å². The molecule has 1 aromatic rings. The van der Waals surface area contributed by atoms with Gasteiger partial charge in [0.05, 0.1) is 13.2 Å². The van der Waals surface area contributed by atoms with Crippen LogP contribution in [0.4, 0.5) is 5.69 Å². The highest BCUT2D eigenvalue weighted by atomic mass is 79.9. The van der Waals surface area contributed by atoms with E-state index in [4.69, 9.17) is 5.11 Å². The maximum atomic E-state index is 11.7. The summed E-state index contributed by atoms with van der Waals surface area (Å²) in [5.41, 5.74) is 0.930. The molecule has 0 saturated carbocycles. The second-order valence-corrected chi connectivity index (χ2v) is 4.89. The molecule has 1 amide bonds. The van der Waals surface area contributed by atoms with E-state index in [1.165, 1.54) is 0 Å². The Kier molecular flexibility index (Phi) is 6.75. The number of aliphatic hydroxyl groups is 1. The van der Waals surface area contributed by atoms with Gasteiger partial charge in [-0.05, 0) is 30.7 Å². The first-order valence-corrected chi connectivity index (χ1v) is 6.84. The van der Waals surface area contributed by atoms with Crippen LogP contribution in [-0.4, -0.2) is 37.3 Å². The van der Waals surface area contributed by atoms with Crippen LogP contribution in [0.25, 0.3) is 0 Å². The normalized spacial score (nSPS) is 10.2. The summed E-state index contributed by atoms with van der Waals surface area (Å²) in [5.74, 6) is -0.0202. The van der Waals surface area contributed by atoms with E-state index in [1.807, 2.05) is 36.1 Å². The SMILES string of the molecule is CCCNC(=O)CN(CCO)c1ccc(Br)cc1. The molecule has 2 N–H and O–H groups in total. The molecule has 4 nitrogen and oxygen atoms in total. The summed E-state index contributed by atoms with van der Waals surface area (Å²) in [6, 6.07) is 7.69. The van der Waals surface area contributed by atoms with Crippen molar-refractivity contribution in [2.75, 3.05) is 31.1 Å². The number of halogens is 1. The Morgan fingerprint density at radius 1 is 1.39 bits per heavy atom. The molecule has 18 heavy (non-hydrogen) atoms. The van der Waals surface area contributed by atoms with Crippen molar-refractivity contribution < 1.29 is 9.90 Å². The Labute approximate surface area is 116 Å². The molecule has 0 atom stereocenters. The summed E-state index contributed by atoms with van der Waals surface area (Å²) in [5, 5.41) is 11.9. The molecule has 0 saturated heterocycles. The van der Waals surface area contributed by atoms with E-state index in [2.05, 4.69) is 21.2 Å². The van der Waals surface area contributed by atoms with Gasteiger partial charge in [-0.2, -0.15) is 0 Å². The van der Waals surface area contributed by atoms with Crippen LogP contribution in [0.15, 0.2) is 28.7 Å². The number of nitrogens with one attached hydrogen (secondary N) is 1. The number of carbonyl (C=O) groups is 1. The maximum Gasteiger partial charge on any atom is 0.239 e. The van der Waals surface area contributed by atoms with Gasteiger partial charge in [0.1, 0.15) is 0 Å². The van der Waals surface area contributed by atoms with Crippen molar-refractivity contribution in [1.29, 1.82) is 0 Å². The highest BCUT2D eigenvalue weighted by Crippen LogP contribution is 2.17. The summed E-state index contributed by atoms with van der Waals surface area (Å²) < 4.78 is 0.991. The van der Waals surface area contributed by atoms with Gasteiger partial charge >= 0.3 is 0 Å². The average molecular weight is 315 g/mol. The lowest BCUT2D eigenvalue weighted by Crippen LogP contribution is -2.39. The van der Waals surface area contributed by atoms with Gasteiger partial charge in [-0.15, -0.1) is 0 Å². The number of benzene rings is 1. The quantitative estimate of drug-likeness (QED) is 0.806. The van der Waals surface area contributed by atoms with Gasteiger partial charge in [-0.3, -0.25) is 4.79 Å². The molecule has 1 rings (SSSR count). The van der Waals surface area contributed by atoms with E-state index in [9.17, 15) is 4.79 Å².